The second-order valence-corrected chi connectivity index (χ2v) is 3.65. The Hall–Kier alpha value is -1.53. The van der Waals surface area contributed by atoms with E-state index in [1.807, 2.05) is 0 Å². The van der Waals surface area contributed by atoms with E-state index in [0.717, 1.165) is 0 Å². The fourth-order valence-corrected chi connectivity index (χ4v) is 0.944. The van der Waals surface area contributed by atoms with E-state index in [-0.39, 0.29) is 5.56 Å². The van der Waals surface area contributed by atoms with Gasteiger partial charge in [0.1, 0.15) is 17.2 Å². The summed E-state index contributed by atoms with van der Waals surface area (Å²) in [6, 6.07) is 4.40. The van der Waals surface area contributed by atoms with Crippen LogP contribution in [-0.2, 0) is 0 Å². The van der Waals surface area contributed by atoms with Gasteiger partial charge in [-0.3, -0.25) is 0 Å². The minimum atomic E-state index is -1.12. The molecular weight excluding hydrogens is 195 g/mol. The van der Waals surface area contributed by atoms with E-state index in [9.17, 15) is 9.50 Å². The fourth-order valence-electron chi connectivity index (χ4n) is 0.944. The number of ether oxygens (including phenoxy) is 1. The number of halogens is 1. The predicted molar refractivity (Wildman–Crippen MR) is 56.1 cm³/mol. The van der Waals surface area contributed by atoms with Crippen molar-refractivity contribution >= 4 is 0 Å². The summed E-state index contributed by atoms with van der Waals surface area (Å²) in [6.45, 7) is 3.09. The van der Waals surface area contributed by atoms with E-state index >= 15 is 0 Å². The van der Waals surface area contributed by atoms with Crippen molar-refractivity contribution in [3.63, 3.8) is 0 Å². The lowest BCUT2D eigenvalue weighted by molar-refractivity contribution is 0.143. The number of rotatable bonds is 1. The Morgan fingerprint density at radius 1 is 1.40 bits per heavy atom. The number of aliphatic hydroxyl groups is 1. The molecule has 0 aliphatic carbocycles. The van der Waals surface area contributed by atoms with E-state index in [1.54, 1.807) is 19.9 Å². The molecular formula is C12H13FO2. The van der Waals surface area contributed by atoms with Gasteiger partial charge in [0.25, 0.3) is 0 Å². The monoisotopic (exact) mass is 208 g/mol. The van der Waals surface area contributed by atoms with Crippen molar-refractivity contribution in [2.24, 2.45) is 0 Å². The van der Waals surface area contributed by atoms with Crippen molar-refractivity contribution in [2.45, 2.75) is 19.4 Å². The van der Waals surface area contributed by atoms with Crippen molar-refractivity contribution in [3.05, 3.63) is 29.6 Å². The molecule has 2 nitrogen and oxygen atoms in total. The highest BCUT2D eigenvalue weighted by Gasteiger charge is 2.07. The molecule has 3 heteroatoms. The van der Waals surface area contributed by atoms with Gasteiger partial charge in [-0.25, -0.2) is 4.39 Å². The maximum absolute atomic E-state index is 13.3. The van der Waals surface area contributed by atoms with E-state index < -0.39 is 11.4 Å². The van der Waals surface area contributed by atoms with Gasteiger partial charge in [0.05, 0.1) is 12.7 Å². The first-order valence-corrected chi connectivity index (χ1v) is 4.51. The Balaban J connectivity index is 3.01. The van der Waals surface area contributed by atoms with Gasteiger partial charge in [-0.1, -0.05) is 11.8 Å². The molecule has 1 rings (SSSR count). The SMILES string of the molecule is COc1ccc(C#CC(C)(C)O)c(F)c1. The van der Waals surface area contributed by atoms with Crippen LogP contribution in [0.1, 0.15) is 19.4 Å². The second kappa shape index (κ2) is 4.33. The van der Waals surface area contributed by atoms with Crippen LogP contribution in [0.4, 0.5) is 4.39 Å². The summed E-state index contributed by atoms with van der Waals surface area (Å²) in [5.74, 6) is 5.11. The van der Waals surface area contributed by atoms with Crippen LogP contribution in [0.3, 0.4) is 0 Å². The largest absolute Gasteiger partial charge is 0.497 e. The van der Waals surface area contributed by atoms with Crippen LogP contribution in [0.2, 0.25) is 0 Å². The summed E-state index contributed by atoms with van der Waals surface area (Å²) in [4.78, 5) is 0. The number of methoxy groups -OCH3 is 1. The number of benzene rings is 1. The third-order valence-corrected chi connectivity index (χ3v) is 1.68. The van der Waals surface area contributed by atoms with Crippen LogP contribution in [-0.4, -0.2) is 17.8 Å². The Kier molecular flexibility index (Phi) is 3.33. The molecule has 0 fully saturated rings. The van der Waals surface area contributed by atoms with E-state index in [2.05, 4.69) is 11.8 Å². The van der Waals surface area contributed by atoms with Crippen molar-refractivity contribution in [1.29, 1.82) is 0 Å². The van der Waals surface area contributed by atoms with Crippen LogP contribution >= 0.6 is 0 Å². The van der Waals surface area contributed by atoms with Crippen molar-refractivity contribution in [2.75, 3.05) is 7.11 Å². The molecule has 1 N–H and O–H groups in total. The molecule has 0 bridgehead atoms. The minimum Gasteiger partial charge on any atom is -0.497 e. The Morgan fingerprint density at radius 3 is 2.53 bits per heavy atom. The maximum atomic E-state index is 13.3. The Labute approximate surface area is 88.7 Å². The standard InChI is InChI=1S/C12H13FO2/c1-12(2,14)7-6-9-4-5-10(15-3)8-11(9)13/h4-5,8,14H,1-3H3. The first kappa shape index (κ1) is 11.5. The molecule has 15 heavy (non-hydrogen) atoms. The highest BCUT2D eigenvalue weighted by molar-refractivity contribution is 5.40. The summed E-state index contributed by atoms with van der Waals surface area (Å²) >= 11 is 0. The van der Waals surface area contributed by atoms with Gasteiger partial charge in [-0.2, -0.15) is 0 Å². The first-order valence-electron chi connectivity index (χ1n) is 4.51. The van der Waals surface area contributed by atoms with Gasteiger partial charge in [0.15, 0.2) is 0 Å². The van der Waals surface area contributed by atoms with Crippen LogP contribution in [0, 0.1) is 17.7 Å². The van der Waals surface area contributed by atoms with E-state index in [4.69, 9.17) is 4.74 Å². The highest BCUT2D eigenvalue weighted by atomic mass is 19.1. The van der Waals surface area contributed by atoms with Crippen molar-refractivity contribution < 1.29 is 14.2 Å². The van der Waals surface area contributed by atoms with Gasteiger partial charge in [-0.05, 0) is 26.0 Å². The zero-order chi connectivity index (χ0) is 11.5. The average Bonchev–Trinajstić information content (AvgIpc) is 2.14. The third-order valence-electron chi connectivity index (χ3n) is 1.68. The minimum absolute atomic E-state index is 0.248. The zero-order valence-electron chi connectivity index (χ0n) is 8.97. The smallest absolute Gasteiger partial charge is 0.142 e. The zero-order valence-corrected chi connectivity index (χ0v) is 8.97. The summed E-state index contributed by atoms with van der Waals surface area (Å²) in [5, 5.41) is 9.35. The van der Waals surface area contributed by atoms with Crippen LogP contribution in [0.15, 0.2) is 18.2 Å². The molecule has 0 saturated heterocycles. The molecule has 0 aromatic heterocycles. The van der Waals surface area contributed by atoms with Gasteiger partial charge >= 0.3 is 0 Å². The van der Waals surface area contributed by atoms with Crippen molar-refractivity contribution in [1.82, 2.24) is 0 Å². The van der Waals surface area contributed by atoms with Crippen molar-refractivity contribution in [3.8, 4) is 17.6 Å². The fraction of sp³-hybridized carbons (Fsp3) is 0.333. The molecule has 0 radical (unpaired) electrons. The molecule has 0 spiro atoms. The molecule has 1 aromatic carbocycles. The maximum Gasteiger partial charge on any atom is 0.142 e. The highest BCUT2D eigenvalue weighted by Crippen LogP contribution is 2.15. The normalized spacial score (nSPS) is 10.5. The predicted octanol–water partition coefficient (Wildman–Crippen LogP) is 1.96. The van der Waals surface area contributed by atoms with Gasteiger partial charge in [0.2, 0.25) is 0 Å². The van der Waals surface area contributed by atoms with Gasteiger partial charge in [-0.15, -0.1) is 0 Å². The molecule has 0 amide bonds. The van der Waals surface area contributed by atoms with E-state index in [1.165, 1.54) is 19.2 Å². The van der Waals surface area contributed by atoms with E-state index in [0.29, 0.717) is 5.75 Å². The summed E-state index contributed by atoms with van der Waals surface area (Å²) in [6.07, 6.45) is 0. The molecule has 0 aliphatic rings. The number of hydrogen-bond acceptors (Lipinski definition) is 2. The first-order chi connectivity index (χ1) is 6.92. The van der Waals surface area contributed by atoms with Crippen LogP contribution < -0.4 is 4.74 Å². The van der Waals surface area contributed by atoms with Gasteiger partial charge in [0, 0.05) is 6.07 Å². The van der Waals surface area contributed by atoms with Crippen LogP contribution in [0.25, 0.3) is 0 Å². The quantitative estimate of drug-likeness (QED) is 0.715. The Morgan fingerprint density at radius 2 is 2.07 bits per heavy atom. The van der Waals surface area contributed by atoms with Crippen LogP contribution in [0.5, 0.6) is 5.75 Å². The molecule has 1 aromatic rings. The van der Waals surface area contributed by atoms with Gasteiger partial charge < -0.3 is 9.84 Å². The lowest BCUT2D eigenvalue weighted by atomic mass is 10.1. The molecule has 0 aliphatic heterocycles. The molecule has 0 saturated carbocycles. The summed E-state index contributed by atoms with van der Waals surface area (Å²) in [7, 11) is 1.47. The molecule has 0 unspecified atom stereocenters. The Bertz CT molecular complexity index is 408. The average molecular weight is 208 g/mol. The molecule has 0 atom stereocenters. The lowest BCUT2D eigenvalue weighted by Gasteiger charge is -2.06. The second-order valence-electron chi connectivity index (χ2n) is 3.65. The molecule has 0 heterocycles. The lowest BCUT2D eigenvalue weighted by Crippen LogP contribution is -2.14. The summed E-state index contributed by atoms with van der Waals surface area (Å²) < 4.78 is 18.2. The molecule has 80 valence electrons. The summed E-state index contributed by atoms with van der Waals surface area (Å²) in [5.41, 5.74) is -0.871. The third kappa shape index (κ3) is 3.61. The topological polar surface area (TPSA) is 29.5 Å². The number of hydrogen-bond donors (Lipinski definition) is 1.